The fourth-order valence-electron chi connectivity index (χ4n) is 1.64. The van der Waals surface area contributed by atoms with E-state index in [2.05, 4.69) is 20.3 Å². The molecule has 4 nitrogen and oxygen atoms in total. The maximum atomic E-state index is 13.0. The number of pyridine rings is 1. The molecular weight excluding hydrogens is 231 g/mol. The lowest BCUT2D eigenvalue weighted by Crippen LogP contribution is -2.19. The lowest BCUT2D eigenvalue weighted by molar-refractivity contribution is 0.554. The SMILES string of the molecule is Cc1nccc(CNC(C)c2cncc(F)c2)n1. The van der Waals surface area contributed by atoms with Crippen molar-refractivity contribution in [3.8, 4) is 0 Å². The minimum absolute atomic E-state index is 0.0171. The third-order valence-electron chi connectivity index (χ3n) is 2.65. The van der Waals surface area contributed by atoms with Crippen LogP contribution in [0.1, 0.15) is 30.0 Å². The molecule has 0 aliphatic heterocycles. The molecule has 0 aliphatic rings. The van der Waals surface area contributed by atoms with Crippen molar-refractivity contribution in [2.45, 2.75) is 26.4 Å². The molecule has 0 aliphatic carbocycles. The van der Waals surface area contributed by atoms with Crippen molar-refractivity contribution in [3.05, 3.63) is 53.6 Å². The number of rotatable bonds is 4. The number of aromatic nitrogens is 3. The summed E-state index contributed by atoms with van der Waals surface area (Å²) in [5.41, 5.74) is 1.74. The molecule has 5 heteroatoms. The maximum absolute atomic E-state index is 13.0. The summed E-state index contributed by atoms with van der Waals surface area (Å²) in [6.07, 6.45) is 4.59. The highest BCUT2D eigenvalue weighted by Gasteiger charge is 2.06. The van der Waals surface area contributed by atoms with Gasteiger partial charge in [-0.25, -0.2) is 14.4 Å². The second-order valence-corrected chi connectivity index (χ2v) is 4.13. The van der Waals surface area contributed by atoms with Crippen LogP contribution in [0.2, 0.25) is 0 Å². The van der Waals surface area contributed by atoms with Crippen LogP contribution in [-0.2, 0) is 6.54 Å². The van der Waals surface area contributed by atoms with Gasteiger partial charge < -0.3 is 5.32 Å². The van der Waals surface area contributed by atoms with Gasteiger partial charge in [0.25, 0.3) is 0 Å². The molecule has 1 unspecified atom stereocenters. The summed E-state index contributed by atoms with van der Waals surface area (Å²) in [5, 5.41) is 3.27. The summed E-state index contributed by atoms with van der Waals surface area (Å²) in [4.78, 5) is 12.2. The molecule has 2 aromatic rings. The standard InChI is InChI=1S/C13H15FN4/c1-9(11-5-12(14)7-15-6-11)17-8-13-3-4-16-10(2)18-13/h3-7,9,17H,8H2,1-2H3. The Balaban J connectivity index is 1.98. The molecule has 94 valence electrons. The average molecular weight is 246 g/mol. The quantitative estimate of drug-likeness (QED) is 0.898. The van der Waals surface area contributed by atoms with Crippen LogP contribution in [0.5, 0.6) is 0 Å². The van der Waals surface area contributed by atoms with Crippen LogP contribution in [0.4, 0.5) is 4.39 Å². The summed E-state index contributed by atoms with van der Waals surface area (Å²) >= 11 is 0. The van der Waals surface area contributed by atoms with Gasteiger partial charge in [-0.2, -0.15) is 0 Å². The molecule has 18 heavy (non-hydrogen) atoms. The van der Waals surface area contributed by atoms with Crippen molar-refractivity contribution in [2.24, 2.45) is 0 Å². The number of hydrogen-bond donors (Lipinski definition) is 1. The van der Waals surface area contributed by atoms with E-state index in [-0.39, 0.29) is 11.9 Å². The molecule has 2 heterocycles. The normalized spacial score (nSPS) is 12.4. The second kappa shape index (κ2) is 5.64. The Morgan fingerprint density at radius 2 is 2.22 bits per heavy atom. The van der Waals surface area contributed by atoms with Gasteiger partial charge >= 0.3 is 0 Å². The lowest BCUT2D eigenvalue weighted by Gasteiger charge is -2.13. The Kier molecular flexibility index (Phi) is 3.94. The summed E-state index contributed by atoms with van der Waals surface area (Å²) in [5.74, 6) is 0.424. The van der Waals surface area contributed by atoms with Crippen LogP contribution in [0.3, 0.4) is 0 Å². The Labute approximate surface area is 105 Å². The Hall–Kier alpha value is -1.88. The molecule has 0 radical (unpaired) electrons. The lowest BCUT2D eigenvalue weighted by atomic mass is 10.1. The first kappa shape index (κ1) is 12.6. The van der Waals surface area contributed by atoms with Gasteiger partial charge in [0.05, 0.1) is 11.9 Å². The molecule has 0 aromatic carbocycles. The number of nitrogens with one attached hydrogen (secondary N) is 1. The number of hydrogen-bond acceptors (Lipinski definition) is 4. The zero-order valence-electron chi connectivity index (χ0n) is 10.4. The van der Waals surface area contributed by atoms with Crippen molar-refractivity contribution in [1.82, 2.24) is 20.3 Å². The second-order valence-electron chi connectivity index (χ2n) is 4.13. The molecule has 1 atom stereocenters. The first-order valence-corrected chi connectivity index (χ1v) is 5.77. The molecule has 1 N–H and O–H groups in total. The third kappa shape index (κ3) is 3.30. The predicted molar refractivity (Wildman–Crippen MR) is 66.2 cm³/mol. The zero-order chi connectivity index (χ0) is 13.0. The van der Waals surface area contributed by atoms with Gasteiger partial charge in [-0.15, -0.1) is 0 Å². The van der Waals surface area contributed by atoms with Crippen LogP contribution in [0, 0.1) is 12.7 Å². The van der Waals surface area contributed by atoms with E-state index in [1.54, 1.807) is 12.4 Å². The van der Waals surface area contributed by atoms with Crippen molar-refractivity contribution in [2.75, 3.05) is 0 Å². The zero-order valence-corrected chi connectivity index (χ0v) is 10.4. The molecule has 0 saturated heterocycles. The van der Waals surface area contributed by atoms with Crippen LogP contribution in [0.15, 0.2) is 30.7 Å². The first-order chi connectivity index (χ1) is 8.65. The molecule has 2 aromatic heterocycles. The fourth-order valence-corrected chi connectivity index (χ4v) is 1.64. The monoisotopic (exact) mass is 246 g/mol. The fraction of sp³-hybridized carbons (Fsp3) is 0.308. The van der Waals surface area contributed by atoms with E-state index in [1.807, 2.05) is 19.9 Å². The van der Waals surface area contributed by atoms with E-state index in [1.165, 1.54) is 12.3 Å². The predicted octanol–water partition coefficient (Wildman–Crippen LogP) is 2.17. The van der Waals surface area contributed by atoms with Gasteiger partial charge in [-0.05, 0) is 31.5 Å². The molecule has 0 spiro atoms. The summed E-state index contributed by atoms with van der Waals surface area (Å²) < 4.78 is 13.0. The van der Waals surface area contributed by atoms with E-state index in [0.717, 1.165) is 17.1 Å². The maximum Gasteiger partial charge on any atom is 0.141 e. The molecule has 0 saturated carbocycles. The van der Waals surface area contributed by atoms with Crippen molar-refractivity contribution < 1.29 is 4.39 Å². The van der Waals surface area contributed by atoms with Gasteiger partial charge in [0.1, 0.15) is 11.6 Å². The van der Waals surface area contributed by atoms with Crippen LogP contribution >= 0.6 is 0 Å². The van der Waals surface area contributed by atoms with Crippen LogP contribution in [-0.4, -0.2) is 15.0 Å². The Bertz CT molecular complexity index is 530. The highest BCUT2D eigenvalue weighted by molar-refractivity contribution is 5.14. The molecule has 0 fully saturated rings. The highest BCUT2D eigenvalue weighted by atomic mass is 19.1. The van der Waals surface area contributed by atoms with E-state index in [9.17, 15) is 4.39 Å². The summed E-state index contributed by atoms with van der Waals surface area (Å²) in [7, 11) is 0. The van der Waals surface area contributed by atoms with Gasteiger partial charge in [0.2, 0.25) is 0 Å². The highest BCUT2D eigenvalue weighted by Crippen LogP contribution is 2.12. The smallest absolute Gasteiger partial charge is 0.141 e. The van der Waals surface area contributed by atoms with E-state index in [0.29, 0.717) is 6.54 Å². The molecule has 0 amide bonds. The summed E-state index contributed by atoms with van der Waals surface area (Å²) in [6, 6.07) is 3.36. The topological polar surface area (TPSA) is 50.7 Å². The minimum Gasteiger partial charge on any atom is -0.305 e. The summed E-state index contributed by atoms with van der Waals surface area (Å²) in [6.45, 7) is 4.43. The molecule has 0 bridgehead atoms. The van der Waals surface area contributed by atoms with E-state index in [4.69, 9.17) is 0 Å². The van der Waals surface area contributed by atoms with Crippen molar-refractivity contribution >= 4 is 0 Å². The molecule has 2 rings (SSSR count). The number of aryl methyl sites for hydroxylation is 1. The van der Waals surface area contributed by atoms with Gasteiger partial charge in [-0.1, -0.05) is 0 Å². The Morgan fingerprint density at radius 1 is 1.39 bits per heavy atom. The van der Waals surface area contributed by atoms with Gasteiger partial charge in [-0.3, -0.25) is 4.98 Å². The number of nitrogens with zero attached hydrogens (tertiary/aromatic N) is 3. The van der Waals surface area contributed by atoms with E-state index >= 15 is 0 Å². The van der Waals surface area contributed by atoms with Gasteiger partial charge in [0, 0.05) is 25.0 Å². The number of halogens is 1. The van der Waals surface area contributed by atoms with Crippen molar-refractivity contribution in [1.29, 1.82) is 0 Å². The van der Waals surface area contributed by atoms with Crippen LogP contribution < -0.4 is 5.32 Å². The van der Waals surface area contributed by atoms with Gasteiger partial charge in [0.15, 0.2) is 0 Å². The minimum atomic E-state index is -0.320. The largest absolute Gasteiger partial charge is 0.305 e. The van der Waals surface area contributed by atoms with E-state index < -0.39 is 0 Å². The third-order valence-corrected chi connectivity index (χ3v) is 2.65. The molecular formula is C13H15FN4. The van der Waals surface area contributed by atoms with Crippen LogP contribution in [0.25, 0.3) is 0 Å². The average Bonchev–Trinajstić information content (AvgIpc) is 2.36. The Morgan fingerprint density at radius 3 is 2.94 bits per heavy atom. The first-order valence-electron chi connectivity index (χ1n) is 5.77. The van der Waals surface area contributed by atoms with Crippen molar-refractivity contribution in [3.63, 3.8) is 0 Å².